The summed E-state index contributed by atoms with van der Waals surface area (Å²) in [7, 11) is 0. The minimum atomic E-state index is -0.601. The topological polar surface area (TPSA) is 93.1 Å². The van der Waals surface area contributed by atoms with Crippen LogP contribution in [0.3, 0.4) is 0 Å². The van der Waals surface area contributed by atoms with Crippen molar-refractivity contribution in [2.24, 2.45) is 75.4 Å². The summed E-state index contributed by atoms with van der Waals surface area (Å²) < 4.78 is 11.6. The van der Waals surface area contributed by atoms with Crippen molar-refractivity contribution in [2.45, 2.75) is 203 Å². The first-order valence-electron chi connectivity index (χ1n) is 24.2. The van der Waals surface area contributed by atoms with E-state index in [0.717, 1.165) is 74.0 Å². The Bertz CT molecular complexity index is 1520. The number of hydrogen-bond acceptors (Lipinski definition) is 6. The maximum Gasteiger partial charge on any atom is 0.311 e. The fraction of sp³-hybridized carbons (Fsp3) is 0.846. The first-order chi connectivity index (χ1) is 27.4. The highest BCUT2D eigenvalue weighted by molar-refractivity contribution is 5.76. The van der Waals surface area contributed by atoms with Crippen molar-refractivity contribution in [3.63, 3.8) is 0 Å². The third-order valence-electron chi connectivity index (χ3n) is 17.6. The van der Waals surface area contributed by atoms with Crippen LogP contribution in [0.25, 0.3) is 0 Å². The van der Waals surface area contributed by atoms with Crippen LogP contribution in [0.15, 0.2) is 35.5 Å². The molecule has 0 spiro atoms. The summed E-state index contributed by atoms with van der Waals surface area (Å²) in [5.74, 6) is 6.23. The van der Waals surface area contributed by atoms with Crippen molar-refractivity contribution in [3.05, 3.63) is 35.5 Å². The van der Waals surface area contributed by atoms with Gasteiger partial charge in [0.05, 0.1) is 24.0 Å². The number of rotatable bonds is 11. The number of allylic oxidation sites excluding steroid dienone is 4. The van der Waals surface area contributed by atoms with E-state index in [0.29, 0.717) is 35.0 Å². The lowest BCUT2D eigenvalue weighted by molar-refractivity contribution is -0.166. The average Bonchev–Trinajstić information content (AvgIpc) is 3.52. The second kappa shape index (κ2) is 18.6. The van der Waals surface area contributed by atoms with E-state index in [9.17, 15) is 19.8 Å². The molecule has 1 aliphatic heterocycles. The highest BCUT2D eigenvalue weighted by atomic mass is 16.6. The summed E-state index contributed by atoms with van der Waals surface area (Å²) in [5.41, 5.74) is 3.39. The summed E-state index contributed by atoms with van der Waals surface area (Å²) >= 11 is 0. The molecule has 0 amide bonds. The van der Waals surface area contributed by atoms with E-state index < -0.39 is 11.5 Å². The van der Waals surface area contributed by atoms with Gasteiger partial charge in [-0.05, 0) is 161 Å². The lowest BCUT2D eigenvalue weighted by Crippen LogP contribution is -2.50. The molecule has 58 heavy (non-hydrogen) atoms. The van der Waals surface area contributed by atoms with Gasteiger partial charge in [-0.25, -0.2) is 0 Å². The number of esters is 2. The predicted molar refractivity (Wildman–Crippen MR) is 235 cm³/mol. The third-order valence-corrected chi connectivity index (χ3v) is 17.6. The van der Waals surface area contributed by atoms with Gasteiger partial charge in [0.25, 0.3) is 0 Å². The van der Waals surface area contributed by atoms with Gasteiger partial charge in [-0.3, -0.25) is 9.59 Å². The summed E-state index contributed by atoms with van der Waals surface area (Å²) in [6.07, 6.45) is 26.8. The van der Waals surface area contributed by atoms with E-state index in [2.05, 4.69) is 72.8 Å². The van der Waals surface area contributed by atoms with E-state index in [-0.39, 0.29) is 42.6 Å². The molecule has 328 valence electrons. The van der Waals surface area contributed by atoms with Gasteiger partial charge in [0.1, 0.15) is 12.2 Å². The maximum atomic E-state index is 12.9. The number of aliphatic hydroxyl groups is 2. The Labute approximate surface area is 353 Å². The molecule has 0 bridgehead atoms. The minimum absolute atomic E-state index is 0.0766. The molecule has 6 aliphatic carbocycles. The molecule has 1 saturated heterocycles. The van der Waals surface area contributed by atoms with Gasteiger partial charge in [0.15, 0.2) is 0 Å². The standard InChI is InChI=1S/C27H46O.C25H38O5/c1-18(2)7-6-8-19(3)23-11-12-24-22-10-9-20-17-21(28)13-15-26(20,4)25(22)14-16-27(23,24)5;1-6-25(4,5)24(28)30-21-12-15(2)11-17-8-7-16(3)20(23(17)21)10-9-19-13-18(26)14-22(27)29-19/h9,18-19,21-25,28H,6-8,10-17H2,1-5H3;7-8,11,15-16,18-21,23,26H,6,9-10,12-14H2,1-5H3/t19-,21+,22+,23-,24+,25+,26+,27-;15-,16-,18+,19+,20-,21-,23-/m10/s1. The van der Waals surface area contributed by atoms with Crippen LogP contribution in [0.5, 0.6) is 0 Å². The lowest BCUT2D eigenvalue weighted by Gasteiger charge is -2.58. The average molecular weight is 805 g/mol. The van der Waals surface area contributed by atoms with Gasteiger partial charge in [-0.1, -0.05) is 105 Å². The van der Waals surface area contributed by atoms with Crippen molar-refractivity contribution in [1.29, 1.82) is 0 Å². The van der Waals surface area contributed by atoms with Gasteiger partial charge in [-0.2, -0.15) is 0 Å². The zero-order valence-electron chi connectivity index (χ0n) is 38.4. The maximum absolute atomic E-state index is 12.9. The molecular formula is C52H84O6. The third kappa shape index (κ3) is 9.74. The van der Waals surface area contributed by atoms with Crippen LogP contribution < -0.4 is 0 Å². The van der Waals surface area contributed by atoms with Gasteiger partial charge in [0, 0.05) is 12.3 Å². The molecule has 0 aromatic heterocycles. The van der Waals surface area contributed by atoms with Crippen molar-refractivity contribution in [2.75, 3.05) is 0 Å². The monoisotopic (exact) mass is 805 g/mol. The molecule has 0 aromatic carbocycles. The van der Waals surface area contributed by atoms with Crippen molar-refractivity contribution in [3.8, 4) is 0 Å². The van der Waals surface area contributed by atoms with E-state index in [4.69, 9.17) is 9.47 Å². The Morgan fingerprint density at radius 1 is 0.966 bits per heavy atom. The van der Waals surface area contributed by atoms with E-state index in [1.54, 1.807) is 5.57 Å². The summed E-state index contributed by atoms with van der Waals surface area (Å²) in [4.78, 5) is 24.6. The van der Waals surface area contributed by atoms with Crippen molar-refractivity contribution in [1.82, 2.24) is 0 Å². The summed E-state index contributed by atoms with van der Waals surface area (Å²) in [6.45, 7) is 22.9. The quantitative estimate of drug-likeness (QED) is 0.160. The zero-order valence-corrected chi connectivity index (χ0v) is 38.4. The fourth-order valence-electron chi connectivity index (χ4n) is 13.7. The molecule has 6 nitrogen and oxygen atoms in total. The number of aliphatic hydroxyl groups excluding tert-OH is 2. The summed E-state index contributed by atoms with van der Waals surface area (Å²) in [6, 6.07) is 0. The molecule has 7 rings (SSSR count). The van der Waals surface area contributed by atoms with Crippen molar-refractivity contribution < 1.29 is 29.3 Å². The number of hydrogen-bond donors (Lipinski definition) is 2. The molecule has 7 aliphatic rings. The molecule has 4 fully saturated rings. The lowest BCUT2D eigenvalue weighted by atomic mass is 9.47. The van der Waals surface area contributed by atoms with Crippen molar-refractivity contribution >= 4 is 11.9 Å². The molecule has 0 radical (unpaired) electrons. The number of ether oxygens (including phenoxy) is 2. The Morgan fingerprint density at radius 3 is 2.43 bits per heavy atom. The number of cyclic esters (lactones) is 1. The number of carbonyl (C=O) groups is 2. The Kier molecular flexibility index (Phi) is 14.6. The molecule has 1 heterocycles. The van der Waals surface area contributed by atoms with Crippen LogP contribution in [0, 0.1) is 75.4 Å². The largest absolute Gasteiger partial charge is 0.462 e. The van der Waals surface area contributed by atoms with Crippen LogP contribution in [0.2, 0.25) is 0 Å². The smallest absolute Gasteiger partial charge is 0.311 e. The van der Waals surface area contributed by atoms with E-state index >= 15 is 0 Å². The number of carbonyl (C=O) groups excluding carboxylic acids is 2. The Hall–Kier alpha value is -1.92. The van der Waals surface area contributed by atoms with Crippen LogP contribution >= 0.6 is 0 Å². The van der Waals surface area contributed by atoms with Crippen LogP contribution in [0.1, 0.15) is 178 Å². The second-order valence-electron chi connectivity index (χ2n) is 22.4. The van der Waals surface area contributed by atoms with E-state index in [1.165, 1.54) is 63.4 Å². The SMILES string of the molecule is CC(C)CCC[C@@H](C)[C@H]1CC[C@H]2[C@@H]3CC=C4C[C@@H](O)CC[C@]4(C)[C@H]3CC[C@]12C.CCC(C)(C)C(=O)O[C@H]1C[C@@H](C)C=C2C=C[C@H](C)[C@H](CC[C@@H]3C[C@@H](O)CC(=O)O3)[C@H]21. The molecule has 0 unspecified atom stereocenters. The fourth-order valence-corrected chi connectivity index (χ4v) is 13.7. The number of fused-ring (bicyclic) bond motifs is 6. The minimum Gasteiger partial charge on any atom is -0.462 e. The Morgan fingerprint density at radius 2 is 1.72 bits per heavy atom. The van der Waals surface area contributed by atoms with Gasteiger partial charge in [-0.15, -0.1) is 0 Å². The zero-order chi connectivity index (χ0) is 42.2. The molecule has 2 N–H and O–H groups in total. The van der Waals surface area contributed by atoms with Crippen LogP contribution in [-0.2, 0) is 19.1 Å². The normalized spacial score (nSPS) is 41.4. The first kappa shape index (κ1) is 45.6. The van der Waals surface area contributed by atoms with Gasteiger partial charge < -0.3 is 19.7 Å². The second-order valence-corrected chi connectivity index (χ2v) is 22.4. The molecule has 6 heteroatoms. The highest BCUT2D eigenvalue weighted by Crippen LogP contribution is 2.67. The molecular weight excluding hydrogens is 721 g/mol. The van der Waals surface area contributed by atoms with E-state index in [1.807, 2.05) is 20.8 Å². The molecule has 15 atom stereocenters. The van der Waals surface area contributed by atoms with Gasteiger partial charge >= 0.3 is 11.9 Å². The highest BCUT2D eigenvalue weighted by Gasteiger charge is 2.59. The van der Waals surface area contributed by atoms with Crippen LogP contribution in [-0.4, -0.2) is 46.6 Å². The van der Waals surface area contributed by atoms with Crippen LogP contribution in [0.4, 0.5) is 0 Å². The van der Waals surface area contributed by atoms with Gasteiger partial charge in [0.2, 0.25) is 0 Å². The summed E-state index contributed by atoms with van der Waals surface area (Å²) in [5, 5.41) is 20.1. The molecule has 3 saturated carbocycles. The first-order valence-corrected chi connectivity index (χ1v) is 24.2. The molecule has 0 aromatic rings. The Balaban J connectivity index is 0.000000196. The predicted octanol–water partition coefficient (Wildman–Crippen LogP) is 12.0.